The van der Waals surface area contributed by atoms with E-state index in [2.05, 4.69) is 4.74 Å². The van der Waals surface area contributed by atoms with Crippen LogP contribution in [0.25, 0.3) is 0 Å². The molecule has 0 aliphatic heterocycles. The van der Waals surface area contributed by atoms with Crippen molar-refractivity contribution in [3.63, 3.8) is 0 Å². The molecule has 0 saturated carbocycles. The average Bonchev–Trinajstić information content (AvgIpc) is 2.62. The van der Waals surface area contributed by atoms with Gasteiger partial charge in [-0.15, -0.1) is 0 Å². The molecule has 2 aromatic rings. The minimum atomic E-state index is -5.38. The van der Waals surface area contributed by atoms with E-state index < -0.39 is 41.8 Å². The summed E-state index contributed by atoms with van der Waals surface area (Å²) in [5, 5.41) is 3.46. The van der Waals surface area contributed by atoms with E-state index in [0.29, 0.717) is 0 Å². The largest absolute Gasteiger partial charge is 0.463 e. The Morgan fingerprint density at radius 2 is 1.79 bits per heavy atom. The first kappa shape index (κ1) is 21.5. The molecule has 0 aromatic heterocycles. The van der Waals surface area contributed by atoms with Gasteiger partial charge in [-0.25, -0.2) is 9.18 Å². The molecule has 5 nitrogen and oxygen atoms in total. The number of rotatable bonds is 6. The van der Waals surface area contributed by atoms with Crippen LogP contribution in [0.1, 0.15) is 17.3 Å². The van der Waals surface area contributed by atoms with Gasteiger partial charge in [0, 0.05) is 10.6 Å². The third-order valence-electron chi connectivity index (χ3n) is 3.59. The summed E-state index contributed by atoms with van der Waals surface area (Å²) in [7, 11) is 0. The number of alkyl halides is 3. The molecule has 0 unspecified atom stereocenters. The van der Waals surface area contributed by atoms with Gasteiger partial charge in [-0.2, -0.15) is 13.2 Å². The Labute approximate surface area is 162 Å². The van der Waals surface area contributed by atoms with Gasteiger partial charge in [0.15, 0.2) is 0 Å². The second-order valence-corrected chi connectivity index (χ2v) is 5.97. The van der Waals surface area contributed by atoms with Crippen LogP contribution in [0.2, 0.25) is 5.02 Å². The molecular formula is C18H15ClF4N2O3. The Balaban J connectivity index is 2.54. The summed E-state index contributed by atoms with van der Waals surface area (Å²) in [5.41, 5.74) is -4.62. The molecule has 28 heavy (non-hydrogen) atoms. The fraction of sp³-hybridized carbons (Fsp3) is 0.222. The van der Waals surface area contributed by atoms with Crippen LogP contribution in [0, 0.1) is 5.82 Å². The summed E-state index contributed by atoms with van der Waals surface area (Å²) >= 11 is 5.75. The smallest absolute Gasteiger partial charge is 0.441 e. The van der Waals surface area contributed by atoms with E-state index in [0.717, 1.165) is 18.2 Å². The predicted molar refractivity (Wildman–Crippen MR) is 94.4 cm³/mol. The molecule has 0 spiro atoms. The van der Waals surface area contributed by atoms with E-state index in [9.17, 15) is 27.2 Å². The standard InChI is InChI=1S/C18H15ClF4N2O3/c1-2-28-16(27)17(18(21,22)23,24-14-9-4-3-8-13(14)20)25-15(26)11-6-5-7-12(19)10-11/h3-10,24H,2H2,1H3,(H,25,26)/t17-/m1/s1. The lowest BCUT2D eigenvalue weighted by Crippen LogP contribution is -2.69. The fourth-order valence-corrected chi connectivity index (χ4v) is 2.46. The number of hydrogen-bond donors (Lipinski definition) is 2. The van der Waals surface area contributed by atoms with Gasteiger partial charge in [0.05, 0.1) is 12.3 Å². The van der Waals surface area contributed by atoms with Crippen molar-refractivity contribution in [3.05, 3.63) is 64.9 Å². The van der Waals surface area contributed by atoms with Crippen LogP contribution in [0.3, 0.4) is 0 Å². The molecule has 2 rings (SSSR count). The van der Waals surface area contributed by atoms with Crippen molar-refractivity contribution in [2.45, 2.75) is 18.8 Å². The van der Waals surface area contributed by atoms with Crippen molar-refractivity contribution in [2.24, 2.45) is 0 Å². The van der Waals surface area contributed by atoms with Crippen molar-refractivity contribution >= 4 is 29.2 Å². The van der Waals surface area contributed by atoms with Crippen molar-refractivity contribution in [1.82, 2.24) is 5.32 Å². The molecule has 1 atom stereocenters. The van der Waals surface area contributed by atoms with E-state index in [1.807, 2.05) is 0 Å². The Bertz CT molecular complexity index is 876. The normalized spacial score (nSPS) is 13.4. The predicted octanol–water partition coefficient (Wildman–Crippen LogP) is 4.14. The number of amides is 1. The van der Waals surface area contributed by atoms with Gasteiger partial charge in [0.2, 0.25) is 0 Å². The van der Waals surface area contributed by atoms with E-state index in [1.165, 1.54) is 37.3 Å². The second kappa shape index (κ2) is 8.47. The average molecular weight is 419 g/mol. The summed E-state index contributed by atoms with van der Waals surface area (Å²) in [4.78, 5) is 24.7. The summed E-state index contributed by atoms with van der Waals surface area (Å²) in [5.74, 6) is -4.17. The minimum Gasteiger partial charge on any atom is -0.463 e. The molecule has 0 aliphatic carbocycles. The lowest BCUT2D eigenvalue weighted by molar-refractivity contribution is -0.204. The first-order valence-electron chi connectivity index (χ1n) is 7.95. The van der Waals surface area contributed by atoms with Gasteiger partial charge in [0.25, 0.3) is 5.91 Å². The van der Waals surface area contributed by atoms with E-state index >= 15 is 0 Å². The van der Waals surface area contributed by atoms with Crippen LogP contribution in [0.15, 0.2) is 48.5 Å². The number of ether oxygens (including phenoxy) is 1. The topological polar surface area (TPSA) is 67.4 Å². The van der Waals surface area contributed by atoms with Crippen LogP contribution in [0.5, 0.6) is 0 Å². The molecule has 2 N–H and O–H groups in total. The quantitative estimate of drug-likeness (QED) is 0.420. The molecular weight excluding hydrogens is 404 g/mol. The van der Waals surface area contributed by atoms with E-state index in [-0.39, 0.29) is 10.6 Å². The Hall–Kier alpha value is -2.81. The molecule has 150 valence electrons. The number of halogens is 5. The Kier molecular flexibility index (Phi) is 6.50. The third-order valence-corrected chi connectivity index (χ3v) is 3.83. The molecule has 0 saturated heterocycles. The Morgan fingerprint density at radius 3 is 2.36 bits per heavy atom. The molecule has 10 heteroatoms. The zero-order valence-corrected chi connectivity index (χ0v) is 15.2. The van der Waals surface area contributed by atoms with Gasteiger partial charge in [-0.1, -0.05) is 29.8 Å². The maximum absolute atomic E-state index is 14.0. The summed E-state index contributed by atoms with van der Waals surface area (Å²) in [6, 6.07) is 9.48. The number of esters is 1. The highest BCUT2D eigenvalue weighted by Gasteiger charge is 2.64. The maximum atomic E-state index is 14.0. The molecule has 0 heterocycles. The molecule has 0 fully saturated rings. The fourth-order valence-electron chi connectivity index (χ4n) is 2.27. The van der Waals surface area contributed by atoms with Crippen LogP contribution in [-0.2, 0) is 9.53 Å². The third kappa shape index (κ3) is 4.53. The van der Waals surface area contributed by atoms with Crippen molar-refractivity contribution < 1.29 is 31.9 Å². The highest BCUT2D eigenvalue weighted by Crippen LogP contribution is 2.34. The monoisotopic (exact) mass is 418 g/mol. The highest BCUT2D eigenvalue weighted by atomic mass is 35.5. The van der Waals surface area contributed by atoms with Crippen LogP contribution in [-0.4, -0.2) is 30.3 Å². The minimum absolute atomic E-state index is 0.100. The van der Waals surface area contributed by atoms with Gasteiger partial charge in [-0.05, 0) is 37.3 Å². The van der Waals surface area contributed by atoms with Gasteiger partial charge >= 0.3 is 17.8 Å². The zero-order valence-electron chi connectivity index (χ0n) is 14.4. The number of benzene rings is 2. The molecule has 2 aromatic carbocycles. The van der Waals surface area contributed by atoms with Crippen LogP contribution < -0.4 is 10.6 Å². The van der Waals surface area contributed by atoms with Crippen molar-refractivity contribution in [3.8, 4) is 0 Å². The lowest BCUT2D eigenvalue weighted by Gasteiger charge is -2.35. The van der Waals surface area contributed by atoms with Crippen LogP contribution in [0.4, 0.5) is 23.2 Å². The zero-order chi connectivity index (χ0) is 20.9. The first-order valence-corrected chi connectivity index (χ1v) is 8.33. The Morgan fingerprint density at radius 1 is 1.11 bits per heavy atom. The van der Waals surface area contributed by atoms with Crippen molar-refractivity contribution in [1.29, 1.82) is 0 Å². The van der Waals surface area contributed by atoms with Crippen LogP contribution >= 0.6 is 11.6 Å². The number of carbonyl (C=O) groups is 2. The maximum Gasteiger partial charge on any atom is 0.441 e. The number of hydrogen-bond acceptors (Lipinski definition) is 4. The SMILES string of the molecule is CCOC(=O)[C@](NC(=O)c1cccc(Cl)c1)(Nc1ccccc1F)C(F)(F)F. The molecule has 1 amide bonds. The number of carbonyl (C=O) groups excluding carboxylic acids is 2. The summed E-state index contributed by atoms with van der Waals surface area (Å²) in [6.07, 6.45) is -5.38. The number of nitrogens with one attached hydrogen (secondary N) is 2. The van der Waals surface area contributed by atoms with E-state index in [4.69, 9.17) is 11.6 Å². The lowest BCUT2D eigenvalue weighted by atomic mass is 10.1. The molecule has 0 bridgehead atoms. The van der Waals surface area contributed by atoms with Crippen molar-refractivity contribution in [2.75, 3.05) is 11.9 Å². The molecule has 0 radical (unpaired) electrons. The number of para-hydroxylation sites is 1. The summed E-state index contributed by atoms with van der Waals surface area (Å²) < 4.78 is 60.5. The van der Waals surface area contributed by atoms with Gasteiger partial charge in [0.1, 0.15) is 5.82 Å². The second-order valence-electron chi connectivity index (χ2n) is 5.54. The first-order chi connectivity index (χ1) is 13.1. The van der Waals surface area contributed by atoms with Gasteiger partial charge < -0.3 is 15.4 Å². The highest BCUT2D eigenvalue weighted by molar-refractivity contribution is 6.31. The number of anilines is 1. The summed E-state index contributed by atoms with van der Waals surface area (Å²) in [6.45, 7) is 0.892. The van der Waals surface area contributed by atoms with Gasteiger partial charge in [-0.3, -0.25) is 4.79 Å². The molecule has 0 aliphatic rings. The van der Waals surface area contributed by atoms with E-state index in [1.54, 1.807) is 10.6 Å².